The van der Waals surface area contributed by atoms with Crippen LogP contribution in [0, 0.1) is 0 Å². The maximum atomic E-state index is 12.8. The van der Waals surface area contributed by atoms with Gasteiger partial charge in [0.2, 0.25) is 5.91 Å². The molecule has 0 bridgehead atoms. The van der Waals surface area contributed by atoms with E-state index in [1.54, 1.807) is 17.0 Å². The number of ether oxygens (including phenoxy) is 1. The fraction of sp³-hybridized carbons (Fsp3) is 0.632. The van der Waals surface area contributed by atoms with Gasteiger partial charge < -0.3 is 14.7 Å². The second-order valence-corrected chi connectivity index (χ2v) is 9.87. The molecule has 0 spiro atoms. The van der Waals surface area contributed by atoms with E-state index in [9.17, 15) is 18.3 Å². The number of benzene rings is 1. The number of sulfone groups is 1. The fourth-order valence-electron chi connectivity index (χ4n) is 3.73. The van der Waals surface area contributed by atoms with E-state index in [-0.39, 0.29) is 11.7 Å². The molecule has 1 amide bonds. The molecule has 150 valence electrons. The molecule has 2 saturated heterocycles. The first-order chi connectivity index (χ1) is 12.9. The summed E-state index contributed by atoms with van der Waals surface area (Å²) in [5.74, 6) is -0.0491. The molecule has 0 aliphatic carbocycles. The highest BCUT2D eigenvalue weighted by atomic mass is 32.2. The lowest BCUT2D eigenvalue weighted by Gasteiger charge is -2.36. The Balaban J connectivity index is 1.54. The number of nitrogens with zero attached hydrogens (tertiary/aromatic N) is 2. The topological polar surface area (TPSA) is 87.2 Å². The van der Waals surface area contributed by atoms with Crippen molar-refractivity contribution in [3.05, 3.63) is 29.8 Å². The van der Waals surface area contributed by atoms with E-state index < -0.39 is 20.3 Å². The zero-order valence-corrected chi connectivity index (χ0v) is 16.5. The van der Waals surface area contributed by atoms with Crippen LogP contribution in [0.5, 0.6) is 5.75 Å². The number of hydrogen-bond acceptors (Lipinski definition) is 6. The molecule has 0 aromatic heterocycles. The van der Waals surface area contributed by atoms with E-state index in [2.05, 4.69) is 4.90 Å². The Morgan fingerprint density at radius 1 is 1.22 bits per heavy atom. The summed E-state index contributed by atoms with van der Waals surface area (Å²) in [7, 11) is -3.49. The van der Waals surface area contributed by atoms with Crippen molar-refractivity contribution in [1.82, 2.24) is 9.80 Å². The molecule has 27 heavy (non-hydrogen) atoms. The highest BCUT2D eigenvalue weighted by molar-refractivity contribution is 7.93. The largest absolute Gasteiger partial charge is 0.508 e. The van der Waals surface area contributed by atoms with Gasteiger partial charge in [-0.05, 0) is 37.5 Å². The monoisotopic (exact) mass is 396 g/mol. The number of hydrogen-bond donors (Lipinski definition) is 1. The summed E-state index contributed by atoms with van der Waals surface area (Å²) in [6.45, 7) is 5.52. The van der Waals surface area contributed by atoms with Crippen LogP contribution in [0.25, 0.3) is 0 Å². The summed E-state index contributed by atoms with van der Waals surface area (Å²) in [4.78, 5) is 16.6. The summed E-state index contributed by atoms with van der Waals surface area (Å²) in [6.07, 6.45) is 0.940. The van der Waals surface area contributed by atoms with Gasteiger partial charge in [0.15, 0.2) is 9.84 Å². The summed E-state index contributed by atoms with van der Waals surface area (Å²) in [5, 5.41) is 8.09. The molecule has 2 aliphatic heterocycles. The molecular formula is C19H28N2O5S. The van der Waals surface area contributed by atoms with Gasteiger partial charge in [0, 0.05) is 45.9 Å². The van der Waals surface area contributed by atoms with E-state index in [4.69, 9.17) is 4.74 Å². The van der Waals surface area contributed by atoms with Crippen LogP contribution in [0.3, 0.4) is 0 Å². The molecule has 8 heteroatoms. The lowest BCUT2D eigenvalue weighted by atomic mass is 10.2. The molecule has 1 aromatic carbocycles. The van der Waals surface area contributed by atoms with E-state index in [0.717, 1.165) is 5.56 Å². The Labute approximate surface area is 160 Å². The molecule has 1 N–H and O–H groups in total. The van der Waals surface area contributed by atoms with Crippen LogP contribution in [0.15, 0.2) is 24.3 Å². The van der Waals surface area contributed by atoms with Gasteiger partial charge >= 0.3 is 0 Å². The second-order valence-electron chi connectivity index (χ2n) is 7.31. The molecule has 0 saturated carbocycles. The van der Waals surface area contributed by atoms with Crippen molar-refractivity contribution in [3.8, 4) is 5.75 Å². The van der Waals surface area contributed by atoms with Crippen LogP contribution >= 0.6 is 0 Å². The number of rotatable bonds is 5. The number of piperazine rings is 1. The van der Waals surface area contributed by atoms with Gasteiger partial charge in [-0.25, -0.2) is 8.42 Å². The minimum Gasteiger partial charge on any atom is -0.508 e. The number of carbonyl (C=O) groups excluding carboxylic acids is 1. The maximum absolute atomic E-state index is 12.8. The van der Waals surface area contributed by atoms with Crippen LogP contribution < -0.4 is 0 Å². The minimum atomic E-state index is -3.49. The molecule has 7 nitrogen and oxygen atoms in total. The standard InChI is InChI=1S/C19H28N2O5S/c1-15(27(24,25)18-5-11-26-12-6-18)19(23)21-9-7-20(8-10-21)14-16-3-2-4-17(22)13-16/h2-4,13,15,18,22H,5-12,14H2,1H3. The number of aromatic hydroxyl groups is 1. The smallest absolute Gasteiger partial charge is 0.240 e. The van der Waals surface area contributed by atoms with E-state index in [1.807, 2.05) is 12.1 Å². The SMILES string of the molecule is CC(C(=O)N1CCN(Cc2cccc(O)c2)CC1)S(=O)(=O)C1CCOCC1. The molecule has 2 fully saturated rings. The minimum absolute atomic E-state index is 0.244. The van der Waals surface area contributed by atoms with Crippen molar-refractivity contribution >= 4 is 15.7 Å². The highest BCUT2D eigenvalue weighted by Crippen LogP contribution is 2.22. The fourth-order valence-corrected chi connectivity index (χ4v) is 5.59. The van der Waals surface area contributed by atoms with E-state index in [1.165, 1.54) is 6.92 Å². The Bertz CT molecular complexity index is 753. The van der Waals surface area contributed by atoms with Crippen LogP contribution in [0.2, 0.25) is 0 Å². The van der Waals surface area contributed by atoms with E-state index in [0.29, 0.717) is 58.8 Å². The molecule has 1 unspecified atom stereocenters. The molecule has 1 atom stereocenters. The number of phenolic OH excluding ortho intramolecular Hbond substituents is 1. The summed E-state index contributed by atoms with van der Waals surface area (Å²) in [6, 6.07) is 7.15. The van der Waals surface area contributed by atoms with Gasteiger partial charge in [-0.2, -0.15) is 0 Å². The third-order valence-corrected chi connectivity index (χ3v) is 8.06. The normalized spacial score (nSPS) is 21.1. The Hall–Kier alpha value is -1.64. The van der Waals surface area contributed by atoms with Crippen molar-refractivity contribution in [2.24, 2.45) is 0 Å². The predicted octanol–water partition coefficient (Wildman–Crippen LogP) is 1.02. The Kier molecular flexibility index (Phi) is 6.39. The van der Waals surface area contributed by atoms with Crippen molar-refractivity contribution in [2.75, 3.05) is 39.4 Å². The number of phenols is 1. The zero-order valence-electron chi connectivity index (χ0n) is 15.7. The molecule has 3 rings (SSSR count). The lowest BCUT2D eigenvalue weighted by Crippen LogP contribution is -2.53. The first kappa shape index (κ1) is 20.1. The molecular weight excluding hydrogens is 368 g/mol. The van der Waals surface area contributed by atoms with Crippen molar-refractivity contribution in [3.63, 3.8) is 0 Å². The van der Waals surface area contributed by atoms with E-state index >= 15 is 0 Å². The van der Waals surface area contributed by atoms with Crippen LogP contribution in [0.4, 0.5) is 0 Å². The summed E-state index contributed by atoms with van der Waals surface area (Å²) < 4.78 is 30.8. The highest BCUT2D eigenvalue weighted by Gasteiger charge is 2.38. The average molecular weight is 397 g/mol. The molecule has 2 heterocycles. The van der Waals surface area contributed by atoms with Crippen LogP contribution in [0.1, 0.15) is 25.3 Å². The lowest BCUT2D eigenvalue weighted by molar-refractivity contribution is -0.132. The van der Waals surface area contributed by atoms with Gasteiger partial charge in [-0.1, -0.05) is 12.1 Å². The maximum Gasteiger partial charge on any atom is 0.240 e. The summed E-state index contributed by atoms with van der Waals surface area (Å²) in [5.41, 5.74) is 1.02. The molecule has 2 aliphatic rings. The Morgan fingerprint density at radius 2 is 1.89 bits per heavy atom. The van der Waals surface area contributed by atoms with Crippen molar-refractivity contribution < 1.29 is 23.1 Å². The molecule has 1 aromatic rings. The third kappa shape index (κ3) is 4.80. The first-order valence-electron chi connectivity index (χ1n) is 9.47. The number of carbonyl (C=O) groups is 1. The Morgan fingerprint density at radius 3 is 2.52 bits per heavy atom. The van der Waals surface area contributed by atoms with Crippen molar-refractivity contribution in [2.45, 2.75) is 36.8 Å². The third-order valence-electron chi connectivity index (χ3n) is 5.47. The predicted molar refractivity (Wildman–Crippen MR) is 102 cm³/mol. The van der Waals surface area contributed by atoms with Gasteiger partial charge in [0.1, 0.15) is 11.0 Å². The summed E-state index contributed by atoms with van der Waals surface area (Å²) >= 11 is 0. The van der Waals surface area contributed by atoms with Gasteiger partial charge in [-0.15, -0.1) is 0 Å². The average Bonchev–Trinajstić information content (AvgIpc) is 2.68. The second kappa shape index (κ2) is 8.58. The van der Waals surface area contributed by atoms with Gasteiger partial charge in [0.05, 0.1) is 5.25 Å². The molecule has 0 radical (unpaired) electrons. The first-order valence-corrected chi connectivity index (χ1v) is 11.1. The number of amides is 1. The van der Waals surface area contributed by atoms with Gasteiger partial charge in [0.25, 0.3) is 0 Å². The van der Waals surface area contributed by atoms with Crippen molar-refractivity contribution in [1.29, 1.82) is 0 Å². The van der Waals surface area contributed by atoms with Crippen LogP contribution in [-0.2, 0) is 25.9 Å². The quantitative estimate of drug-likeness (QED) is 0.800. The van der Waals surface area contributed by atoms with Gasteiger partial charge in [-0.3, -0.25) is 9.69 Å². The van der Waals surface area contributed by atoms with Crippen LogP contribution in [-0.4, -0.2) is 79.1 Å². The zero-order chi connectivity index (χ0) is 19.4.